The molecule has 0 spiro atoms. The fourth-order valence-corrected chi connectivity index (χ4v) is 6.84. The van der Waals surface area contributed by atoms with E-state index < -0.39 is 0 Å². The van der Waals surface area contributed by atoms with Gasteiger partial charge in [-0.05, 0) is 91.6 Å². The van der Waals surface area contributed by atoms with E-state index in [4.69, 9.17) is 21.0 Å². The van der Waals surface area contributed by atoms with E-state index in [1.807, 2.05) is 24.3 Å². The number of aryl methyl sites for hydroxylation is 1. The Kier molecular flexibility index (Phi) is 7.85. The molecule has 1 atom stereocenters. The Morgan fingerprint density at radius 3 is 2.55 bits per heavy atom. The van der Waals surface area contributed by atoms with Crippen LogP contribution in [0.2, 0.25) is 5.02 Å². The minimum absolute atomic E-state index is 0.138. The lowest BCUT2D eigenvalue weighted by Gasteiger charge is -2.33. The molecule has 1 aliphatic carbocycles. The molecular weight excluding hydrogens is 532 g/mol. The summed E-state index contributed by atoms with van der Waals surface area (Å²) in [4.78, 5) is 20.7. The van der Waals surface area contributed by atoms with Crippen molar-refractivity contribution in [2.45, 2.75) is 56.9 Å². The zero-order valence-electron chi connectivity index (χ0n) is 22.0. The first-order chi connectivity index (χ1) is 18.2. The zero-order valence-corrected chi connectivity index (χ0v) is 24.4. The third kappa shape index (κ3) is 6.25. The lowest BCUT2D eigenvalue weighted by Crippen LogP contribution is -2.27. The van der Waals surface area contributed by atoms with Crippen LogP contribution in [-0.4, -0.2) is 12.1 Å². The highest BCUT2D eigenvalue weighted by Gasteiger charge is 2.33. The lowest BCUT2D eigenvalue weighted by molar-refractivity contribution is 0.102. The highest BCUT2D eigenvalue weighted by molar-refractivity contribution is 7.99. The van der Waals surface area contributed by atoms with Crippen molar-refractivity contribution >= 4 is 57.5 Å². The van der Waals surface area contributed by atoms with Gasteiger partial charge < -0.3 is 9.73 Å². The minimum Gasteiger partial charge on any atom is -0.449 e. The number of nitrogens with zero attached hydrogens (tertiary/aromatic N) is 1. The molecule has 1 aliphatic rings. The molecular formula is C31H31ClN2O2S2. The zero-order chi connectivity index (χ0) is 26.9. The number of anilines is 1. The van der Waals surface area contributed by atoms with Gasteiger partial charge in [-0.15, -0.1) is 11.3 Å². The summed E-state index contributed by atoms with van der Waals surface area (Å²) >= 11 is 9.23. The van der Waals surface area contributed by atoms with Gasteiger partial charge in [0, 0.05) is 20.5 Å². The predicted molar refractivity (Wildman–Crippen MR) is 160 cm³/mol. The van der Waals surface area contributed by atoms with Crippen molar-refractivity contribution in [3.63, 3.8) is 0 Å². The molecule has 0 fully saturated rings. The number of benzene rings is 2. The van der Waals surface area contributed by atoms with Crippen LogP contribution in [-0.2, 0) is 12.8 Å². The Morgan fingerprint density at radius 1 is 1.11 bits per heavy atom. The van der Waals surface area contributed by atoms with Crippen LogP contribution in [0.25, 0.3) is 0 Å². The number of rotatable bonds is 6. The van der Waals surface area contributed by atoms with E-state index in [-0.39, 0.29) is 11.3 Å². The molecule has 2 aromatic heterocycles. The van der Waals surface area contributed by atoms with Crippen LogP contribution in [0.5, 0.6) is 0 Å². The largest absolute Gasteiger partial charge is 0.449 e. The van der Waals surface area contributed by atoms with Crippen molar-refractivity contribution in [2.24, 2.45) is 16.3 Å². The first-order valence-corrected chi connectivity index (χ1v) is 14.8. The second-order valence-corrected chi connectivity index (χ2v) is 13.4. The number of furan rings is 1. The molecule has 38 heavy (non-hydrogen) atoms. The van der Waals surface area contributed by atoms with Crippen LogP contribution in [0.1, 0.15) is 59.3 Å². The first kappa shape index (κ1) is 26.8. The van der Waals surface area contributed by atoms with Gasteiger partial charge in [0.05, 0.1) is 11.8 Å². The van der Waals surface area contributed by atoms with E-state index >= 15 is 0 Å². The second kappa shape index (κ2) is 11.1. The van der Waals surface area contributed by atoms with Crippen molar-refractivity contribution in [2.75, 3.05) is 5.32 Å². The molecule has 2 heterocycles. The molecule has 0 unspecified atom stereocenters. The standard InChI is InChI=1S/C31H31ClN2O2S2/c1-19-5-13-24(14-6-19)37-27-16-12-23(36-27)18-33-30-28(29(35)34-22-10-8-21(32)9-11-22)25-15-7-20(31(2,3)4)17-26(25)38-30/h5-6,8-14,16,18,20H,7,15,17H2,1-4H3,(H,34,35)/t20-/m0/s1. The van der Waals surface area contributed by atoms with E-state index in [2.05, 4.69) is 57.3 Å². The van der Waals surface area contributed by atoms with Crippen molar-refractivity contribution in [1.29, 1.82) is 0 Å². The number of thiophene rings is 1. The predicted octanol–water partition coefficient (Wildman–Crippen LogP) is 9.61. The van der Waals surface area contributed by atoms with Crippen LogP contribution in [0.15, 0.2) is 80.1 Å². The average Bonchev–Trinajstić information content (AvgIpc) is 3.48. The Bertz CT molecular complexity index is 1460. The third-order valence-corrected chi connectivity index (χ3v) is 9.29. The molecule has 0 radical (unpaired) electrons. The van der Waals surface area contributed by atoms with Gasteiger partial charge in [-0.1, -0.05) is 61.8 Å². The number of aliphatic imine (C=N–C) groups is 1. The Morgan fingerprint density at radius 2 is 1.84 bits per heavy atom. The van der Waals surface area contributed by atoms with E-state index in [9.17, 15) is 4.79 Å². The van der Waals surface area contributed by atoms with Gasteiger partial charge in [-0.3, -0.25) is 4.79 Å². The molecule has 4 nitrogen and oxygen atoms in total. The van der Waals surface area contributed by atoms with Crippen molar-refractivity contribution in [3.05, 3.63) is 93.0 Å². The monoisotopic (exact) mass is 562 g/mol. The molecule has 1 amide bonds. The Balaban J connectivity index is 1.41. The molecule has 0 bridgehead atoms. The highest BCUT2D eigenvalue weighted by Crippen LogP contribution is 2.45. The van der Waals surface area contributed by atoms with E-state index in [0.29, 0.717) is 28.0 Å². The normalized spacial score (nSPS) is 15.6. The quantitative estimate of drug-likeness (QED) is 0.238. The summed E-state index contributed by atoms with van der Waals surface area (Å²) in [6, 6.07) is 19.4. The maximum absolute atomic E-state index is 13.5. The van der Waals surface area contributed by atoms with E-state index in [0.717, 1.165) is 39.8 Å². The molecule has 196 valence electrons. The molecule has 0 saturated carbocycles. The molecule has 5 rings (SSSR count). The summed E-state index contributed by atoms with van der Waals surface area (Å²) in [7, 11) is 0. The molecule has 0 aliphatic heterocycles. The molecule has 0 saturated heterocycles. The summed E-state index contributed by atoms with van der Waals surface area (Å²) in [5.41, 5.74) is 3.95. The number of amides is 1. The fraction of sp³-hybridized carbons (Fsp3) is 0.290. The van der Waals surface area contributed by atoms with Gasteiger partial charge in [0.25, 0.3) is 5.91 Å². The smallest absolute Gasteiger partial charge is 0.259 e. The molecule has 2 aromatic carbocycles. The molecule has 7 heteroatoms. The molecule has 1 N–H and O–H groups in total. The highest BCUT2D eigenvalue weighted by atomic mass is 35.5. The average molecular weight is 563 g/mol. The van der Waals surface area contributed by atoms with E-state index in [1.54, 1.807) is 41.4 Å². The molecule has 4 aromatic rings. The number of halogens is 1. The number of carbonyl (C=O) groups is 1. The second-order valence-electron chi connectivity index (χ2n) is 10.8. The van der Waals surface area contributed by atoms with Gasteiger partial charge in [-0.25, -0.2) is 4.99 Å². The summed E-state index contributed by atoms with van der Waals surface area (Å²) in [6.07, 6.45) is 4.63. The first-order valence-electron chi connectivity index (χ1n) is 12.8. The summed E-state index contributed by atoms with van der Waals surface area (Å²) in [5.74, 6) is 1.09. The summed E-state index contributed by atoms with van der Waals surface area (Å²) in [5, 5.41) is 5.20. The number of nitrogens with one attached hydrogen (secondary N) is 1. The number of hydrogen-bond acceptors (Lipinski definition) is 5. The maximum atomic E-state index is 13.5. The minimum atomic E-state index is -0.138. The van der Waals surface area contributed by atoms with Crippen LogP contribution in [0, 0.1) is 18.3 Å². The SMILES string of the molecule is Cc1ccc(Sc2ccc(C=Nc3sc4c(c3C(=O)Nc3ccc(Cl)cc3)CC[C@H](C(C)(C)C)C4)o2)cc1. The summed E-state index contributed by atoms with van der Waals surface area (Å²) in [6.45, 7) is 8.97. The summed E-state index contributed by atoms with van der Waals surface area (Å²) < 4.78 is 6.02. The topological polar surface area (TPSA) is 54.6 Å². The maximum Gasteiger partial charge on any atom is 0.259 e. The van der Waals surface area contributed by atoms with Crippen molar-refractivity contribution < 1.29 is 9.21 Å². The van der Waals surface area contributed by atoms with Crippen molar-refractivity contribution in [3.8, 4) is 0 Å². The number of fused-ring (bicyclic) bond motifs is 1. The Labute approximate surface area is 237 Å². The van der Waals surface area contributed by atoms with Crippen LogP contribution in [0.4, 0.5) is 10.7 Å². The van der Waals surface area contributed by atoms with Gasteiger partial charge in [0.1, 0.15) is 10.8 Å². The number of carbonyl (C=O) groups excluding carboxylic acids is 1. The van der Waals surface area contributed by atoms with Crippen molar-refractivity contribution in [1.82, 2.24) is 0 Å². The van der Waals surface area contributed by atoms with Crippen LogP contribution >= 0.6 is 34.7 Å². The van der Waals surface area contributed by atoms with E-state index in [1.165, 1.54) is 10.4 Å². The lowest BCUT2D eigenvalue weighted by atomic mass is 9.72. The Hall–Kier alpha value is -2.80. The van der Waals surface area contributed by atoms with Gasteiger partial charge >= 0.3 is 0 Å². The van der Waals surface area contributed by atoms with Gasteiger partial charge in [0.2, 0.25) is 0 Å². The van der Waals surface area contributed by atoms with Gasteiger partial charge in [0.15, 0.2) is 5.09 Å². The van der Waals surface area contributed by atoms with Crippen LogP contribution < -0.4 is 5.32 Å². The third-order valence-electron chi connectivity index (χ3n) is 6.95. The number of hydrogen-bond donors (Lipinski definition) is 1. The fourth-order valence-electron chi connectivity index (χ4n) is 4.67. The van der Waals surface area contributed by atoms with Crippen LogP contribution in [0.3, 0.4) is 0 Å². The van der Waals surface area contributed by atoms with Gasteiger partial charge in [-0.2, -0.15) is 0 Å².